The second-order valence-corrected chi connectivity index (χ2v) is 9.33. The number of benzene rings is 4. The third-order valence-corrected chi connectivity index (χ3v) is 6.73. The van der Waals surface area contributed by atoms with Gasteiger partial charge in [-0.25, -0.2) is 4.98 Å². The number of aromatic hydroxyl groups is 1. The van der Waals surface area contributed by atoms with Gasteiger partial charge in [0.1, 0.15) is 11.3 Å². The first-order valence-electron chi connectivity index (χ1n) is 9.89. The topological polar surface area (TPSA) is 46.3 Å². The van der Waals surface area contributed by atoms with Crippen molar-refractivity contribution in [3.05, 3.63) is 82.3 Å². The Kier molecular flexibility index (Phi) is 3.52. The van der Waals surface area contributed by atoms with Crippen LogP contribution in [0.5, 0.6) is 5.75 Å². The summed E-state index contributed by atoms with van der Waals surface area (Å²) in [7, 11) is 0. The van der Waals surface area contributed by atoms with Gasteiger partial charge < -0.3 is 9.52 Å². The van der Waals surface area contributed by atoms with E-state index in [0.717, 1.165) is 43.0 Å². The molecular weight excluding hydrogens is 438 g/mol. The smallest absolute Gasteiger partial charge is 0.231 e. The molecular formula is C26H18BrNO2. The minimum Gasteiger partial charge on any atom is -0.507 e. The highest BCUT2D eigenvalue weighted by Crippen LogP contribution is 2.52. The molecule has 1 heterocycles. The van der Waals surface area contributed by atoms with Gasteiger partial charge in [-0.3, -0.25) is 0 Å². The minimum atomic E-state index is -0.183. The maximum Gasteiger partial charge on any atom is 0.231 e. The van der Waals surface area contributed by atoms with Crippen LogP contribution >= 0.6 is 15.9 Å². The molecule has 0 fully saturated rings. The first-order valence-corrected chi connectivity index (χ1v) is 10.7. The Bertz CT molecular complexity index is 1440. The molecule has 4 aromatic carbocycles. The second-order valence-electron chi connectivity index (χ2n) is 8.42. The molecule has 6 rings (SSSR count). The van der Waals surface area contributed by atoms with Gasteiger partial charge in [-0.05, 0) is 69.4 Å². The number of phenolic OH excluding ortho intramolecular Hbond substituents is 1. The molecule has 0 aliphatic heterocycles. The highest BCUT2D eigenvalue weighted by molar-refractivity contribution is 9.10. The number of hydrogen-bond donors (Lipinski definition) is 1. The second kappa shape index (κ2) is 5.96. The van der Waals surface area contributed by atoms with Crippen molar-refractivity contribution in [2.45, 2.75) is 19.3 Å². The maximum absolute atomic E-state index is 10.9. The predicted octanol–water partition coefficient (Wildman–Crippen LogP) is 7.42. The zero-order valence-electron chi connectivity index (χ0n) is 16.5. The molecule has 146 valence electrons. The first-order chi connectivity index (χ1) is 14.4. The number of nitrogens with zero attached hydrogens (tertiary/aromatic N) is 1. The number of oxazole rings is 1. The average Bonchev–Trinajstić information content (AvgIpc) is 3.22. The lowest BCUT2D eigenvalue weighted by Gasteiger charge is -2.22. The molecule has 0 saturated heterocycles. The summed E-state index contributed by atoms with van der Waals surface area (Å²) >= 11 is 3.59. The fourth-order valence-electron chi connectivity index (χ4n) is 4.64. The van der Waals surface area contributed by atoms with Crippen LogP contribution in [0.2, 0.25) is 0 Å². The van der Waals surface area contributed by atoms with Gasteiger partial charge in [0.25, 0.3) is 0 Å². The Morgan fingerprint density at radius 2 is 1.57 bits per heavy atom. The molecule has 30 heavy (non-hydrogen) atoms. The van der Waals surface area contributed by atoms with Gasteiger partial charge in [0.05, 0.1) is 5.56 Å². The number of phenols is 1. The SMILES string of the molecule is CC1(C)c2cc(Br)ccc2-c2cc(O)c(-c3nc4cc5ccccc5cc4o3)cc21. The molecule has 1 aromatic heterocycles. The van der Waals surface area contributed by atoms with Gasteiger partial charge in [-0.2, -0.15) is 0 Å². The van der Waals surface area contributed by atoms with Crippen molar-refractivity contribution in [3.63, 3.8) is 0 Å². The fourth-order valence-corrected chi connectivity index (χ4v) is 5.00. The highest BCUT2D eigenvalue weighted by Gasteiger charge is 2.37. The molecule has 1 aliphatic carbocycles. The molecule has 1 N–H and O–H groups in total. The van der Waals surface area contributed by atoms with Crippen LogP contribution in [0.4, 0.5) is 0 Å². The molecule has 0 bridgehead atoms. The molecule has 0 atom stereocenters. The molecule has 0 spiro atoms. The van der Waals surface area contributed by atoms with E-state index in [4.69, 9.17) is 9.40 Å². The van der Waals surface area contributed by atoms with E-state index in [1.54, 1.807) is 0 Å². The van der Waals surface area contributed by atoms with Gasteiger partial charge in [0.15, 0.2) is 5.58 Å². The molecule has 3 nitrogen and oxygen atoms in total. The standard InChI is InChI=1S/C26H18BrNO2/c1-26(2)20-11-16(27)7-8-17(20)18-13-23(29)19(12-21(18)26)25-28-22-9-14-5-3-4-6-15(14)10-24(22)30-25/h3-13,29H,1-2H3. The number of halogens is 1. The lowest BCUT2D eigenvalue weighted by Crippen LogP contribution is -2.15. The minimum absolute atomic E-state index is 0.177. The number of hydrogen-bond acceptors (Lipinski definition) is 3. The molecule has 5 aromatic rings. The van der Waals surface area contributed by atoms with Crippen LogP contribution in [0.25, 0.3) is 44.5 Å². The summed E-state index contributed by atoms with van der Waals surface area (Å²) in [5, 5.41) is 13.1. The van der Waals surface area contributed by atoms with Crippen molar-refractivity contribution in [3.8, 4) is 28.3 Å². The largest absolute Gasteiger partial charge is 0.507 e. The lowest BCUT2D eigenvalue weighted by molar-refractivity contribution is 0.474. The van der Waals surface area contributed by atoms with Gasteiger partial charge in [0.2, 0.25) is 5.89 Å². The summed E-state index contributed by atoms with van der Waals surface area (Å²) in [5.41, 5.74) is 6.56. The average molecular weight is 456 g/mol. The molecule has 0 amide bonds. The number of aromatic nitrogens is 1. The third-order valence-electron chi connectivity index (χ3n) is 6.24. The Hall–Kier alpha value is -3.11. The van der Waals surface area contributed by atoms with E-state index in [9.17, 15) is 5.11 Å². The zero-order valence-corrected chi connectivity index (χ0v) is 18.1. The van der Waals surface area contributed by atoms with E-state index in [1.807, 2.05) is 42.5 Å². The number of rotatable bonds is 1. The Balaban J connectivity index is 1.56. The van der Waals surface area contributed by atoms with Crippen LogP contribution in [0.1, 0.15) is 25.0 Å². The van der Waals surface area contributed by atoms with Crippen LogP contribution in [-0.4, -0.2) is 10.1 Å². The Labute approximate surface area is 182 Å². The van der Waals surface area contributed by atoms with Gasteiger partial charge in [0, 0.05) is 9.89 Å². The van der Waals surface area contributed by atoms with Gasteiger partial charge in [-0.15, -0.1) is 0 Å². The lowest BCUT2D eigenvalue weighted by atomic mass is 9.82. The van der Waals surface area contributed by atoms with Crippen LogP contribution in [0.15, 0.2) is 75.6 Å². The molecule has 0 saturated carbocycles. The molecule has 0 radical (unpaired) electrons. The van der Waals surface area contributed by atoms with Crippen molar-refractivity contribution in [2.75, 3.05) is 0 Å². The van der Waals surface area contributed by atoms with Gasteiger partial charge in [-0.1, -0.05) is 60.1 Å². The summed E-state index contributed by atoms with van der Waals surface area (Å²) in [6.45, 7) is 4.42. The quantitative estimate of drug-likeness (QED) is 0.286. The highest BCUT2D eigenvalue weighted by atomic mass is 79.9. The van der Waals surface area contributed by atoms with E-state index in [-0.39, 0.29) is 11.2 Å². The van der Waals surface area contributed by atoms with E-state index in [1.165, 1.54) is 5.56 Å². The molecule has 4 heteroatoms. The summed E-state index contributed by atoms with van der Waals surface area (Å²) in [4.78, 5) is 4.70. The monoisotopic (exact) mass is 455 g/mol. The Morgan fingerprint density at radius 3 is 2.37 bits per heavy atom. The maximum atomic E-state index is 10.9. The zero-order chi connectivity index (χ0) is 20.6. The summed E-state index contributed by atoms with van der Waals surface area (Å²) in [6.07, 6.45) is 0. The van der Waals surface area contributed by atoms with Crippen LogP contribution in [-0.2, 0) is 5.41 Å². The summed E-state index contributed by atoms with van der Waals surface area (Å²) in [6, 6.07) is 22.4. The Morgan fingerprint density at radius 1 is 0.833 bits per heavy atom. The van der Waals surface area contributed by atoms with Crippen molar-refractivity contribution in [1.82, 2.24) is 4.98 Å². The number of fused-ring (bicyclic) bond motifs is 5. The molecule has 0 unspecified atom stereocenters. The van der Waals surface area contributed by atoms with Crippen molar-refractivity contribution >= 4 is 37.8 Å². The summed E-state index contributed by atoms with van der Waals surface area (Å²) in [5.74, 6) is 0.616. The predicted molar refractivity (Wildman–Crippen MR) is 124 cm³/mol. The third kappa shape index (κ3) is 2.40. The fraction of sp³-hybridized carbons (Fsp3) is 0.115. The van der Waals surface area contributed by atoms with Crippen molar-refractivity contribution in [1.29, 1.82) is 0 Å². The van der Waals surface area contributed by atoms with Crippen molar-refractivity contribution in [2.24, 2.45) is 0 Å². The van der Waals surface area contributed by atoms with E-state index >= 15 is 0 Å². The molecule has 1 aliphatic rings. The normalized spacial score (nSPS) is 14.2. The van der Waals surface area contributed by atoms with E-state index in [0.29, 0.717) is 11.5 Å². The van der Waals surface area contributed by atoms with Gasteiger partial charge >= 0.3 is 0 Å². The van der Waals surface area contributed by atoms with E-state index in [2.05, 4.69) is 54.0 Å². The summed E-state index contributed by atoms with van der Waals surface area (Å²) < 4.78 is 7.14. The van der Waals surface area contributed by atoms with Crippen LogP contribution in [0.3, 0.4) is 0 Å². The first kappa shape index (κ1) is 17.7. The van der Waals surface area contributed by atoms with Crippen LogP contribution in [0, 0.1) is 0 Å². The van der Waals surface area contributed by atoms with Crippen LogP contribution < -0.4 is 0 Å². The van der Waals surface area contributed by atoms with Crippen molar-refractivity contribution < 1.29 is 9.52 Å². The van der Waals surface area contributed by atoms with E-state index < -0.39 is 0 Å².